The van der Waals surface area contributed by atoms with Gasteiger partial charge in [0.25, 0.3) is 5.91 Å². The topological polar surface area (TPSA) is 66.0 Å². The molecular weight excluding hydrogens is 388 g/mol. The number of carbonyl (C=O) groups is 1. The molecule has 3 aromatic rings. The van der Waals surface area contributed by atoms with Gasteiger partial charge in [-0.25, -0.2) is 4.98 Å². The quantitative estimate of drug-likeness (QED) is 0.433. The van der Waals surface area contributed by atoms with Gasteiger partial charge in [-0.05, 0) is 43.6 Å². The summed E-state index contributed by atoms with van der Waals surface area (Å²) < 4.78 is 0. The number of nitrogens with one attached hydrogen (secondary N) is 3. The number of carbonyl (C=O) groups excluding carboxylic acids is 1. The minimum atomic E-state index is -0.269. The van der Waals surface area contributed by atoms with Gasteiger partial charge in [-0.1, -0.05) is 55.5 Å². The molecule has 0 unspecified atom stereocenters. The lowest BCUT2D eigenvalue weighted by molar-refractivity contribution is 0.0948. The molecule has 2 aromatic carbocycles. The summed E-state index contributed by atoms with van der Waals surface area (Å²) in [6.45, 7) is 6.00. The molecule has 7 heteroatoms. The van der Waals surface area contributed by atoms with Crippen molar-refractivity contribution in [1.29, 1.82) is 0 Å². The van der Waals surface area contributed by atoms with Crippen LogP contribution in [0.1, 0.15) is 32.7 Å². The molecule has 0 bridgehead atoms. The third-order valence-corrected chi connectivity index (χ3v) is 5.43. The fraction of sp³-hybridized carbons (Fsp3) is 0.190. The molecule has 0 spiro atoms. The van der Waals surface area contributed by atoms with Crippen molar-refractivity contribution in [2.75, 3.05) is 5.32 Å². The highest BCUT2D eigenvalue weighted by atomic mass is 32.1. The summed E-state index contributed by atoms with van der Waals surface area (Å²) in [5, 5.41) is 4.35. The van der Waals surface area contributed by atoms with Crippen LogP contribution in [0.2, 0.25) is 0 Å². The lowest BCUT2D eigenvalue weighted by Gasteiger charge is -2.16. The lowest BCUT2D eigenvalue weighted by atomic mass is 10.1. The number of rotatable bonds is 4. The van der Waals surface area contributed by atoms with Crippen molar-refractivity contribution in [2.24, 2.45) is 0 Å². The zero-order valence-corrected chi connectivity index (χ0v) is 17.6. The van der Waals surface area contributed by atoms with Gasteiger partial charge in [-0.15, -0.1) is 11.3 Å². The van der Waals surface area contributed by atoms with Crippen LogP contribution in [0.3, 0.4) is 0 Å². The summed E-state index contributed by atoms with van der Waals surface area (Å²) in [7, 11) is 0. The SMILES string of the molecule is CCc1cccc(C)c1NC(=S)NNC(=O)c1sc(C)nc1-c1ccccc1. The summed E-state index contributed by atoms with van der Waals surface area (Å²) in [6.07, 6.45) is 0.888. The Labute approximate surface area is 174 Å². The molecule has 0 saturated heterocycles. The first kappa shape index (κ1) is 20.0. The third-order valence-electron chi connectivity index (χ3n) is 4.26. The van der Waals surface area contributed by atoms with E-state index in [2.05, 4.69) is 34.1 Å². The van der Waals surface area contributed by atoms with Gasteiger partial charge in [0.1, 0.15) is 4.88 Å². The third kappa shape index (κ3) is 4.55. The molecule has 5 nitrogen and oxygen atoms in total. The highest BCUT2D eigenvalue weighted by molar-refractivity contribution is 7.80. The summed E-state index contributed by atoms with van der Waals surface area (Å²) in [4.78, 5) is 17.8. The van der Waals surface area contributed by atoms with E-state index >= 15 is 0 Å². The molecule has 1 amide bonds. The number of amides is 1. The molecule has 0 aliphatic heterocycles. The molecular formula is C21H22N4OS2. The van der Waals surface area contributed by atoms with Crippen molar-refractivity contribution in [1.82, 2.24) is 15.8 Å². The van der Waals surface area contributed by atoms with Crippen molar-refractivity contribution in [3.63, 3.8) is 0 Å². The first-order chi connectivity index (χ1) is 13.5. The van der Waals surface area contributed by atoms with Crippen molar-refractivity contribution in [2.45, 2.75) is 27.2 Å². The monoisotopic (exact) mass is 410 g/mol. The molecule has 0 aliphatic rings. The second kappa shape index (κ2) is 8.95. The van der Waals surface area contributed by atoms with Crippen LogP contribution in [0.25, 0.3) is 11.3 Å². The van der Waals surface area contributed by atoms with Crippen molar-refractivity contribution in [3.05, 3.63) is 69.5 Å². The molecule has 3 rings (SSSR count). The molecule has 144 valence electrons. The Morgan fingerprint density at radius 1 is 1.07 bits per heavy atom. The number of para-hydroxylation sites is 1. The van der Waals surface area contributed by atoms with Gasteiger partial charge in [0, 0.05) is 11.3 Å². The van der Waals surface area contributed by atoms with Gasteiger partial charge in [0.15, 0.2) is 5.11 Å². The zero-order chi connectivity index (χ0) is 20.1. The van der Waals surface area contributed by atoms with Crippen LogP contribution >= 0.6 is 23.6 Å². The van der Waals surface area contributed by atoms with Crippen molar-refractivity contribution in [3.8, 4) is 11.3 Å². The van der Waals surface area contributed by atoms with Crippen LogP contribution < -0.4 is 16.2 Å². The predicted molar refractivity (Wildman–Crippen MR) is 120 cm³/mol. The van der Waals surface area contributed by atoms with Crippen LogP contribution in [-0.2, 0) is 6.42 Å². The van der Waals surface area contributed by atoms with Gasteiger partial charge in [-0.3, -0.25) is 15.6 Å². The van der Waals surface area contributed by atoms with Crippen LogP contribution in [-0.4, -0.2) is 16.0 Å². The Kier molecular flexibility index (Phi) is 6.38. The summed E-state index contributed by atoms with van der Waals surface area (Å²) in [5.74, 6) is -0.269. The van der Waals surface area contributed by atoms with Gasteiger partial charge in [0.2, 0.25) is 0 Å². The number of hydrogen-bond donors (Lipinski definition) is 3. The highest BCUT2D eigenvalue weighted by Crippen LogP contribution is 2.27. The molecule has 1 aromatic heterocycles. The maximum absolute atomic E-state index is 12.7. The lowest BCUT2D eigenvalue weighted by Crippen LogP contribution is -2.43. The molecule has 0 saturated carbocycles. The number of thiazole rings is 1. The fourth-order valence-corrected chi connectivity index (χ4v) is 3.88. The van der Waals surface area contributed by atoms with E-state index in [-0.39, 0.29) is 5.91 Å². The van der Waals surface area contributed by atoms with Crippen LogP contribution in [0, 0.1) is 13.8 Å². The molecule has 0 fully saturated rings. The first-order valence-electron chi connectivity index (χ1n) is 8.98. The smallest absolute Gasteiger partial charge is 0.282 e. The minimum absolute atomic E-state index is 0.269. The number of aromatic nitrogens is 1. The second-order valence-electron chi connectivity index (χ2n) is 6.27. The minimum Gasteiger partial charge on any atom is -0.331 e. The number of aryl methyl sites for hydroxylation is 3. The average Bonchev–Trinajstić information content (AvgIpc) is 3.10. The fourth-order valence-electron chi connectivity index (χ4n) is 2.89. The Balaban J connectivity index is 1.69. The number of anilines is 1. The molecule has 0 atom stereocenters. The number of nitrogens with zero attached hydrogens (tertiary/aromatic N) is 1. The zero-order valence-electron chi connectivity index (χ0n) is 16.0. The van der Waals surface area contributed by atoms with Crippen LogP contribution in [0.5, 0.6) is 0 Å². The predicted octanol–water partition coefficient (Wildman–Crippen LogP) is 4.62. The standard InChI is InChI=1S/C21H22N4OS2/c1-4-15-12-8-9-13(2)17(15)23-21(27)25-24-20(26)19-18(22-14(3)28-19)16-10-6-5-7-11-16/h5-12H,4H2,1-3H3,(H,24,26)(H2,23,25,27). The van der Waals surface area contributed by atoms with Crippen LogP contribution in [0.4, 0.5) is 5.69 Å². The molecule has 0 aliphatic carbocycles. The normalized spacial score (nSPS) is 10.4. The average molecular weight is 411 g/mol. The Morgan fingerprint density at radius 2 is 1.82 bits per heavy atom. The van der Waals surface area contributed by atoms with E-state index in [9.17, 15) is 4.79 Å². The Bertz CT molecular complexity index is 999. The summed E-state index contributed by atoms with van der Waals surface area (Å²) in [5.41, 5.74) is 10.3. The van der Waals surface area contributed by atoms with Crippen molar-refractivity contribution < 1.29 is 4.79 Å². The maximum atomic E-state index is 12.7. The van der Waals surface area contributed by atoms with E-state index in [1.807, 2.05) is 56.3 Å². The van der Waals surface area contributed by atoms with Crippen molar-refractivity contribution >= 4 is 40.3 Å². The van der Waals surface area contributed by atoms with E-state index < -0.39 is 0 Å². The van der Waals surface area contributed by atoms with Gasteiger partial charge < -0.3 is 5.32 Å². The van der Waals surface area contributed by atoms with E-state index in [0.29, 0.717) is 15.7 Å². The number of hydrazine groups is 1. The maximum Gasteiger partial charge on any atom is 0.282 e. The van der Waals surface area contributed by atoms with E-state index in [1.54, 1.807) is 0 Å². The number of hydrogen-bond acceptors (Lipinski definition) is 4. The van der Waals surface area contributed by atoms with Gasteiger partial charge in [-0.2, -0.15) is 0 Å². The molecule has 1 heterocycles. The first-order valence-corrected chi connectivity index (χ1v) is 10.2. The molecule has 28 heavy (non-hydrogen) atoms. The van der Waals surface area contributed by atoms with Crippen LogP contribution in [0.15, 0.2) is 48.5 Å². The Hall–Kier alpha value is -2.77. The van der Waals surface area contributed by atoms with E-state index in [1.165, 1.54) is 16.9 Å². The highest BCUT2D eigenvalue weighted by Gasteiger charge is 2.18. The van der Waals surface area contributed by atoms with E-state index in [4.69, 9.17) is 12.2 Å². The van der Waals surface area contributed by atoms with Gasteiger partial charge in [0.05, 0.1) is 10.7 Å². The number of thiocarbonyl (C=S) groups is 1. The summed E-state index contributed by atoms with van der Waals surface area (Å²) >= 11 is 6.71. The van der Waals surface area contributed by atoms with E-state index in [0.717, 1.165) is 28.2 Å². The number of benzene rings is 2. The molecule has 3 N–H and O–H groups in total. The summed E-state index contributed by atoms with van der Waals surface area (Å²) in [6, 6.07) is 15.8. The second-order valence-corrected chi connectivity index (χ2v) is 7.88. The largest absolute Gasteiger partial charge is 0.331 e. The van der Waals surface area contributed by atoms with Gasteiger partial charge >= 0.3 is 0 Å². The molecule has 0 radical (unpaired) electrons. The Morgan fingerprint density at radius 3 is 2.54 bits per heavy atom.